The fourth-order valence-electron chi connectivity index (χ4n) is 4.40. The normalized spacial score (nSPS) is 17.1. The Balaban J connectivity index is 2.10. The first-order chi connectivity index (χ1) is 13.1. The molecule has 1 aliphatic carbocycles. The second-order valence-electron chi connectivity index (χ2n) is 7.79. The molecule has 27 heavy (non-hydrogen) atoms. The predicted molar refractivity (Wildman–Crippen MR) is 112 cm³/mol. The van der Waals surface area contributed by atoms with Crippen LogP contribution in [-0.2, 0) is 26.4 Å². The summed E-state index contributed by atoms with van der Waals surface area (Å²) in [6.45, 7) is 9.07. The SMILES string of the molecule is CCNC(=NCc1c(CC)nn(C)c1CC)NCC1(CCO)CCCCC1. The monoisotopic (exact) mass is 377 g/mol. The minimum atomic E-state index is 0.209. The van der Waals surface area contributed by atoms with Crippen LogP contribution in [0.5, 0.6) is 0 Å². The number of rotatable bonds is 9. The van der Waals surface area contributed by atoms with E-state index in [1.807, 2.05) is 11.7 Å². The highest BCUT2D eigenvalue weighted by molar-refractivity contribution is 5.79. The molecule has 0 unspecified atom stereocenters. The highest BCUT2D eigenvalue weighted by atomic mass is 16.3. The van der Waals surface area contributed by atoms with E-state index in [1.165, 1.54) is 43.4 Å². The molecule has 3 N–H and O–H groups in total. The third kappa shape index (κ3) is 5.71. The number of aliphatic hydroxyl groups is 1. The lowest BCUT2D eigenvalue weighted by atomic mass is 9.72. The van der Waals surface area contributed by atoms with Crippen LogP contribution in [-0.4, -0.2) is 40.5 Å². The molecule has 2 rings (SSSR count). The molecule has 1 aliphatic rings. The topological polar surface area (TPSA) is 74.5 Å². The van der Waals surface area contributed by atoms with Crippen LogP contribution in [0.1, 0.15) is 76.2 Å². The average Bonchev–Trinajstić information content (AvgIpc) is 2.99. The van der Waals surface area contributed by atoms with Gasteiger partial charge in [-0.1, -0.05) is 33.1 Å². The molecule has 1 aromatic rings. The summed E-state index contributed by atoms with van der Waals surface area (Å²) in [6.07, 6.45) is 9.03. The lowest BCUT2D eigenvalue weighted by molar-refractivity contribution is 0.131. The second kappa shape index (κ2) is 10.7. The first-order valence-corrected chi connectivity index (χ1v) is 10.8. The first-order valence-electron chi connectivity index (χ1n) is 10.8. The molecular formula is C21H39N5O. The molecule has 0 amide bonds. The molecular weight excluding hydrogens is 338 g/mol. The number of aromatic nitrogens is 2. The molecule has 1 heterocycles. The summed E-state index contributed by atoms with van der Waals surface area (Å²) in [7, 11) is 2.02. The summed E-state index contributed by atoms with van der Waals surface area (Å²) in [5, 5.41) is 21.1. The van der Waals surface area contributed by atoms with E-state index in [0.717, 1.165) is 44.0 Å². The highest BCUT2D eigenvalue weighted by Crippen LogP contribution is 2.38. The first kappa shape index (κ1) is 21.7. The zero-order valence-electron chi connectivity index (χ0n) is 17.8. The summed E-state index contributed by atoms with van der Waals surface area (Å²) in [5.74, 6) is 0.869. The lowest BCUT2D eigenvalue weighted by Crippen LogP contribution is -2.45. The molecule has 0 atom stereocenters. The maximum atomic E-state index is 9.54. The van der Waals surface area contributed by atoms with E-state index in [4.69, 9.17) is 4.99 Å². The van der Waals surface area contributed by atoms with Crippen molar-refractivity contribution in [2.24, 2.45) is 17.5 Å². The van der Waals surface area contributed by atoms with Gasteiger partial charge in [0.25, 0.3) is 0 Å². The Morgan fingerprint density at radius 1 is 1.15 bits per heavy atom. The van der Waals surface area contributed by atoms with Crippen LogP contribution in [0, 0.1) is 5.41 Å². The fraction of sp³-hybridized carbons (Fsp3) is 0.810. The molecule has 0 spiro atoms. The smallest absolute Gasteiger partial charge is 0.191 e. The number of aryl methyl sites for hydroxylation is 2. The molecule has 6 heteroatoms. The third-order valence-electron chi connectivity index (χ3n) is 5.95. The Bertz CT molecular complexity index is 596. The molecule has 0 aliphatic heterocycles. The van der Waals surface area contributed by atoms with Gasteiger partial charge in [-0.15, -0.1) is 0 Å². The van der Waals surface area contributed by atoms with Gasteiger partial charge < -0.3 is 15.7 Å². The number of aliphatic imine (C=N–C) groups is 1. The van der Waals surface area contributed by atoms with Crippen LogP contribution in [0.2, 0.25) is 0 Å². The summed E-state index contributed by atoms with van der Waals surface area (Å²) in [4.78, 5) is 4.87. The summed E-state index contributed by atoms with van der Waals surface area (Å²) < 4.78 is 2.00. The number of hydrogen-bond donors (Lipinski definition) is 3. The van der Waals surface area contributed by atoms with Crippen molar-refractivity contribution in [1.82, 2.24) is 20.4 Å². The number of guanidine groups is 1. The maximum Gasteiger partial charge on any atom is 0.191 e. The minimum Gasteiger partial charge on any atom is -0.396 e. The average molecular weight is 378 g/mol. The largest absolute Gasteiger partial charge is 0.396 e. The zero-order chi connectivity index (χ0) is 19.7. The third-order valence-corrected chi connectivity index (χ3v) is 5.95. The Morgan fingerprint density at radius 3 is 2.48 bits per heavy atom. The van der Waals surface area contributed by atoms with Crippen molar-refractivity contribution in [2.75, 3.05) is 19.7 Å². The van der Waals surface area contributed by atoms with Crippen LogP contribution >= 0.6 is 0 Å². The van der Waals surface area contributed by atoms with Crippen molar-refractivity contribution < 1.29 is 5.11 Å². The van der Waals surface area contributed by atoms with Gasteiger partial charge in [-0.05, 0) is 44.4 Å². The van der Waals surface area contributed by atoms with Crippen molar-refractivity contribution >= 4 is 5.96 Å². The van der Waals surface area contributed by atoms with E-state index in [0.29, 0.717) is 6.54 Å². The van der Waals surface area contributed by atoms with Gasteiger partial charge in [-0.25, -0.2) is 4.99 Å². The van der Waals surface area contributed by atoms with Crippen molar-refractivity contribution in [1.29, 1.82) is 0 Å². The van der Waals surface area contributed by atoms with E-state index in [2.05, 4.69) is 36.5 Å². The highest BCUT2D eigenvalue weighted by Gasteiger charge is 2.31. The molecule has 1 saturated carbocycles. The second-order valence-corrected chi connectivity index (χ2v) is 7.79. The van der Waals surface area contributed by atoms with Crippen LogP contribution in [0.4, 0.5) is 0 Å². The molecule has 0 radical (unpaired) electrons. The molecule has 154 valence electrons. The fourth-order valence-corrected chi connectivity index (χ4v) is 4.40. The predicted octanol–water partition coefficient (Wildman–Crippen LogP) is 2.93. The van der Waals surface area contributed by atoms with Gasteiger partial charge in [-0.3, -0.25) is 4.68 Å². The van der Waals surface area contributed by atoms with Gasteiger partial charge in [0.1, 0.15) is 0 Å². The molecule has 0 saturated heterocycles. The quantitative estimate of drug-likeness (QED) is 0.457. The number of aliphatic hydroxyl groups excluding tert-OH is 1. The van der Waals surface area contributed by atoms with E-state index in [-0.39, 0.29) is 12.0 Å². The molecule has 1 aromatic heterocycles. The van der Waals surface area contributed by atoms with Gasteiger partial charge in [-0.2, -0.15) is 5.10 Å². The van der Waals surface area contributed by atoms with Crippen LogP contribution in [0.15, 0.2) is 4.99 Å². The van der Waals surface area contributed by atoms with Crippen molar-refractivity contribution in [3.05, 3.63) is 17.0 Å². The zero-order valence-corrected chi connectivity index (χ0v) is 17.8. The van der Waals surface area contributed by atoms with Crippen LogP contribution in [0.25, 0.3) is 0 Å². The Morgan fingerprint density at radius 2 is 1.89 bits per heavy atom. The number of hydrogen-bond acceptors (Lipinski definition) is 3. The molecule has 1 fully saturated rings. The number of nitrogens with one attached hydrogen (secondary N) is 2. The van der Waals surface area contributed by atoms with Crippen LogP contribution in [0.3, 0.4) is 0 Å². The van der Waals surface area contributed by atoms with E-state index >= 15 is 0 Å². The molecule has 6 nitrogen and oxygen atoms in total. The van der Waals surface area contributed by atoms with E-state index < -0.39 is 0 Å². The van der Waals surface area contributed by atoms with E-state index in [9.17, 15) is 5.11 Å². The Hall–Kier alpha value is -1.56. The Labute approximate surface area is 164 Å². The molecule has 0 aromatic carbocycles. The maximum absolute atomic E-state index is 9.54. The van der Waals surface area contributed by atoms with E-state index in [1.54, 1.807) is 0 Å². The van der Waals surface area contributed by atoms with Gasteiger partial charge in [0, 0.05) is 38.0 Å². The lowest BCUT2D eigenvalue weighted by Gasteiger charge is -2.37. The molecule has 0 bridgehead atoms. The van der Waals surface area contributed by atoms with Gasteiger partial charge in [0.2, 0.25) is 0 Å². The minimum absolute atomic E-state index is 0.209. The summed E-state index contributed by atoms with van der Waals surface area (Å²) in [5.41, 5.74) is 3.90. The van der Waals surface area contributed by atoms with Gasteiger partial charge in [0.15, 0.2) is 5.96 Å². The number of nitrogens with zero attached hydrogens (tertiary/aromatic N) is 3. The summed E-state index contributed by atoms with van der Waals surface area (Å²) >= 11 is 0. The Kier molecular flexibility index (Phi) is 8.61. The van der Waals surface area contributed by atoms with Crippen molar-refractivity contribution in [3.8, 4) is 0 Å². The summed E-state index contributed by atoms with van der Waals surface area (Å²) in [6, 6.07) is 0. The van der Waals surface area contributed by atoms with Crippen LogP contribution < -0.4 is 10.6 Å². The van der Waals surface area contributed by atoms with Crippen molar-refractivity contribution in [2.45, 2.75) is 78.7 Å². The van der Waals surface area contributed by atoms with Gasteiger partial charge in [0.05, 0.1) is 12.2 Å². The standard InChI is InChI=1S/C21H39N5O/c1-5-18-17(19(6-2)26(4)25-18)15-23-20(22-7-3)24-16-21(13-14-27)11-9-8-10-12-21/h27H,5-16H2,1-4H3,(H2,22,23,24). The van der Waals surface area contributed by atoms with Gasteiger partial charge >= 0.3 is 0 Å². The van der Waals surface area contributed by atoms with Crippen molar-refractivity contribution in [3.63, 3.8) is 0 Å².